The van der Waals surface area contributed by atoms with Crippen molar-refractivity contribution in [3.05, 3.63) is 35.9 Å². The van der Waals surface area contributed by atoms with Gasteiger partial charge in [-0.1, -0.05) is 6.08 Å². The summed E-state index contributed by atoms with van der Waals surface area (Å²) >= 11 is 1.19. The molecule has 6 nitrogen and oxygen atoms in total. The number of methoxy groups -OCH3 is 2. The van der Waals surface area contributed by atoms with Gasteiger partial charge in [0.2, 0.25) is 11.8 Å². The summed E-state index contributed by atoms with van der Waals surface area (Å²) in [6, 6.07) is 3.77. The Labute approximate surface area is 140 Å². The molecule has 0 aliphatic carbocycles. The van der Waals surface area contributed by atoms with E-state index in [1.165, 1.54) is 11.8 Å². The third kappa shape index (κ3) is 6.23. The number of hydrogen-bond acceptors (Lipinski definition) is 5. The van der Waals surface area contributed by atoms with E-state index in [1.54, 1.807) is 20.3 Å². The van der Waals surface area contributed by atoms with Gasteiger partial charge in [-0.3, -0.25) is 9.59 Å². The molecule has 1 aromatic rings. The third-order valence-corrected chi connectivity index (χ3v) is 3.90. The molecule has 3 N–H and O–H groups in total. The first-order valence-corrected chi connectivity index (χ1v) is 8.14. The van der Waals surface area contributed by atoms with Crippen LogP contribution in [0, 0.1) is 0 Å². The lowest BCUT2D eigenvalue weighted by Gasteiger charge is -2.14. The first-order valence-electron chi connectivity index (χ1n) is 6.99. The second kappa shape index (κ2) is 9.78. The van der Waals surface area contributed by atoms with Crippen molar-refractivity contribution in [3.63, 3.8) is 0 Å². The minimum atomic E-state index is -0.434. The predicted octanol–water partition coefficient (Wildman–Crippen LogP) is 1.27. The number of ether oxygens (including phenoxy) is 2. The van der Waals surface area contributed by atoms with E-state index in [9.17, 15) is 9.59 Å². The van der Waals surface area contributed by atoms with E-state index in [2.05, 4.69) is 11.9 Å². The number of carbonyl (C=O) groups excluding carboxylic acids is 2. The fraction of sp³-hybridized carbons (Fsp3) is 0.375. The Morgan fingerprint density at radius 3 is 2.61 bits per heavy atom. The molecule has 0 fully saturated rings. The summed E-state index contributed by atoms with van der Waals surface area (Å²) in [6.45, 7) is 4.09. The molecule has 2 amide bonds. The minimum Gasteiger partial charge on any atom is -0.493 e. The van der Waals surface area contributed by atoms with E-state index in [4.69, 9.17) is 15.2 Å². The van der Waals surface area contributed by atoms with Crippen molar-refractivity contribution in [2.45, 2.75) is 13.0 Å². The van der Waals surface area contributed by atoms with Crippen LogP contribution in [0.15, 0.2) is 24.8 Å². The van der Waals surface area contributed by atoms with Gasteiger partial charge in [0.25, 0.3) is 0 Å². The van der Waals surface area contributed by atoms with Crippen molar-refractivity contribution < 1.29 is 19.1 Å². The quantitative estimate of drug-likeness (QED) is 0.627. The first kappa shape index (κ1) is 18.9. The SMILES string of the molecule is C=CCc1cc(CNC(=O)CSCC(N)=O)cc(OC)c1OC. The lowest BCUT2D eigenvalue weighted by Crippen LogP contribution is -2.25. The van der Waals surface area contributed by atoms with E-state index in [1.807, 2.05) is 12.1 Å². The molecule has 0 aliphatic heterocycles. The maximum Gasteiger partial charge on any atom is 0.230 e. The highest BCUT2D eigenvalue weighted by atomic mass is 32.2. The van der Waals surface area contributed by atoms with Crippen LogP contribution >= 0.6 is 11.8 Å². The molecule has 0 spiro atoms. The van der Waals surface area contributed by atoms with Gasteiger partial charge in [0.1, 0.15) is 0 Å². The largest absolute Gasteiger partial charge is 0.493 e. The third-order valence-electron chi connectivity index (χ3n) is 2.95. The van der Waals surface area contributed by atoms with Crippen molar-refractivity contribution in [3.8, 4) is 11.5 Å². The Balaban J connectivity index is 2.72. The number of nitrogens with two attached hydrogens (primary N) is 1. The van der Waals surface area contributed by atoms with E-state index in [-0.39, 0.29) is 17.4 Å². The van der Waals surface area contributed by atoms with Gasteiger partial charge in [0.15, 0.2) is 11.5 Å². The second-order valence-corrected chi connectivity index (χ2v) is 5.70. The number of benzene rings is 1. The van der Waals surface area contributed by atoms with Crippen molar-refractivity contribution in [2.75, 3.05) is 25.7 Å². The number of nitrogens with one attached hydrogen (secondary N) is 1. The Hall–Kier alpha value is -2.15. The van der Waals surface area contributed by atoms with E-state index >= 15 is 0 Å². The topological polar surface area (TPSA) is 90.7 Å². The maximum absolute atomic E-state index is 11.7. The van der Waals surface area contributed by atoms with Gasteiger partial charge in [-0.05, 0) is 24.1 Å². The molecule has 1 rings (SSSR count). The van der Waals surface area contributed by atoms with E-state index in [0.29, 0.717) is 24.5 Å². The normalized spacial score (nSPS) is 10.0. The number of allylic oxidation sites excluding steroid dienone is 1. The Bertz CT molecular complexity index is 575. The van der Waals surface area contributed by atoms with Crippen molar-refractivity contribution in [1.82, 2.24) is 5.32 Å². The van der Waals surface area contributed by atoms with Crippen LogP contribution in [-0.4, -0.2) is 37.5 Å². The summed E-state index contributed by atoms with van der Waals surface area (Å²) in [5.41, 5.74) is 6.86. The van der Waals surface area contributed by atoms with Gasteiger partial charge in [-0.25, -0.2) is 0 Å². The highest BCUT2D eigenvalue weighted by Gasteiger charge is 2.12. The minimum absolute atomic E-state index is 0.132. The Morgan fingerprint density at radius 1 is 1.30 bits per heavy atom. The molecule has 0 saturated heterocycles. The standard InChI is InChI=1S/C16H22N2O4S/c1-4-5-12-6-11(7-13(21-2)16(12)22-3)8-18-15(20)10-23-9-14(17)19/h4,6-7H,1,5,8-10H2,2-3H3,(H2,17,19)(H,18,20). The summed E-state index contributed by atoms with van der Waals surface area (Å²) < 4.78 is 10.7. The zero-order chi connectivity index (χ0) is 17.2. The van der Waals surface area contributed by atoms with Gasteiger partial charge >= 0.3 is 0 Å². The van der Waals surface area contributed by atoms with Crippen LogP contribution in [0.4, 0.5) is 0 Å². The Kier molecular flexibility index (Phi) is 8.04. The molecule has 0 saturated carbocycles. The predicted molar refractivity (Wildman–Crippen MR) is 91.8 cm³/mol. The fourth-order valence-electron chi connectivity index (χ4n) is 2.01. The highest BCUT2D eigenvalue weighted by molar-refractivity contribution is 8.00. The lowest BCUT2D eigenvalue weighted by atomic mass is 10.1. The molecular weight excluding hydrogens is 316 g/mol. The molecule has 126 valence electrons. The van der Waals surface area contributed by atoms with Gasteiger partial charge in [-0.2, -0.15) is 0 Å². The number of primary amides is 1. The Morgan fingerprint density at radius 2 is 2.04 bits per heavy atom. The lowest BCUT2D eigenvalue weighted by molar-refractivity contribution is -0.118. The number of rotatable bonds is 10. The monoisotopic (exact) mass is 338 g/mol. The average Bonchev–Trinajstić information content (AvgIpc) is 2.52. The number of thioether (sulfide) groups is 1. The van der Waals surface area contributed by atoms with Crippen molar-refractivity contribution in [1.29, 1.82) is 0 Å². The summed E-state index contributed by atoms with van der Waals surface area (Å²) in [6.07, 6.45) is 2.41. The van der Waals surface area contributed by atoms with Crippen LogP contribution in [0.5, 0.6) is 11.5 Å². The van der Waals surface area contributed by atoms with Crippen LogP contribution in [0.1, 0.15) is 11.1 Å². The molecule has 0 bridgehead atoms. The number of carbonyl (C=O) groups is 2. The van der Waals surface area contributed by atoms with Crippen molar-refractivity contribution in [2.24, 2.45) is 5.73 Å². The average molecular weight is 338 g/mol. The molecule has 0 unspecified atom stereocenters. The molecule has 0 heterocycles. The number of amides is 2. The zero-order valence-corrected chi connectivity index (χ0v) is 14.2. The zero-order valence-electron chi connectivity index (χ0n) is 13.4. The maximum atomic E-state index is 11.7. The van der Waals surface area contributed by atoms with Crippen LogP contribution in [0.25, 0.3) is 0 Å². The van der Waals surface area contributed by atoms with Crippen LogP contribution in [0.2, 0.25) is 0 Å². The summed E-state index contributed by atoms with van der Waals surface area (Å²) in [7, 11) is 3.15. The van der Waals surface area contributed by atoms with E-state index in [0.717, 1.165) is 11.1 Å². The van der Waals surface area contributed by atoms with Crippen LogP contribution in [-0.2, 0) is 22.6 Å². The highest BCUT2D eigenvalue weighted by Crippen LogP contribution is 2.33. The summed E-state index contributed by atoms with van der Waals surface area (Å²) in [4.78, 5) is 22.4. The van der Waals surface area contributed by atoms with Gasteiger partial charge < -0.3 is 20.5 Å². The summed E-state index contributed by atoms with van der Waals surface area (Å²) in [5, 5.41) is 2.80. The van der Waals surface area contributed by atoms with Crippen molar-refractivity contribution >= 4 is 23.6 Å². The smallest absolute Gasteiger partial charge is 0.230 e. The molecule has 0 atom stereocenters. The molecule has 7 heteroatoms. The molecule has 0 radical (unpaired) electrons. The van der Waals surface area contributed by atoms with Gasteiger partial charge in [0.05, 0.1) is 25.7 Å². The van der Waals surface area contributed by atoms with Gasteiger partial charge in [-0.15, -0.1) is 18.3 Å². The van der Waals surface area contributed by atoms with Crippen LogP contribution in [0.3, 0.4) is 0 Å². The molecule has 23 heavy (non-hydrogen) atoms. The fourth-order valence-corrected chi connectivity index (χ4v) is 2.60. The second-order valence-electron chi connectivity index (χ2n) is 4.72. The first-order chi connectivity index (χ1) is 11.0. The van der Waals surface area contributed by atoms with Gasteiger partial charge in [0, 0.05) is 12.1 Å². The molecular formula is C16H22N2O4S. The summed E-state index contributed by atoms with van der Waals surface area (Å²) in [5.74, 6) is 1.01. The molecule has 1 aromatic carbocycles. The van der Waals surface area contributed by atoms with Crippen LogP contribution < -0.4 is 20.5 Å². The molecule has 0 aliphatic rings. The number of hydrogen-bond donors (Lipinski definition) is 2. The van der Waals surface area contributed by atoms with E-state index < -0.39 is 5.91 Å². The molecule has 0 aromatic heterocycles.